The highest BCUT2D eigenvalue weighted by atomic mass is 19.1. The summed E-state index contributed by atoms with van der Waals surface area (Å²) < 4.78 is 18.3. The van der Waals surface area contributed by atoms with Crippen LogP contribution in [0.2, 0.25) is 0 Å². The number of hydrogen-bond acceptors (Lipinski definition) is 3. The Morgan fingerprint density at radius 1 is 1.38 bits per heavy atom. The van der Waals surface area contributed by atoms with Gasteiger partial charge in [0, 0.05) is 18.2 Å². The normalized spacial score (nSPS) is 11.3. The fraction of sp³-hybridized carbons (Fsp3) is 0.500. The Morgan fingerprint density at radius 3 is 2.62 bits per heavy atom. The summed E-state index contributed by atoms with van der Waals surface area (Å²) in [6.07, 6.45) is 0. The van der Waals surface area contributed by atoms with Crippen LogP contribution in [-0.4, -0.2) is 26.2 Å². The first-order valence-electron chi connectivity index (χ1n) is 5.25. The summed E-state index contributed by atoms with van der Waals surface area (Å²) in [6, 6.07) is 4.44. The van der Waals surface area contributed by atoms with E-state index < -0.39 is 0 Å². The molecule has 0 fully saturated rings. The van der Waals surface area contributed by atoms with Crippen LogP contribution < -0.4 is 15.4 Å². The molecule has 0 bridgehead atoms. The van der Waals surface area contributed by atoms with E-state index in [4.69, 9.17) is 4.74 Å². The van der Waals surface area contributed by atoms with Gasteiger partial charge in [0.05, 0.1) is 12.8 Å². The minimum atomic E-state index is -0.274. The van der Waals surface area contributed by atoms with Gasteiger partial charge in [0.15, 0.2) is 0 Å². The third-order valence-electron chi connectivity index (χ3n) is 2.25. The smallest absolute Gasteiger partial charge is 0.142 e. The molecule has 0 radical (unpaired) electrons. The molecule has 90 valence electrons. The van der Waals surface area contributed by atoms with Crippen LogP contribution in [0.4, 0.5) is 10.1 Å². The molecule has 0 saturated heterocycles. The van der Waals surface area contributed by atoms with E-state index in [-0.39, 0.29) is 11.4 Å². The standard InChI is InChI=1S/C12H19FN2O/c1-12(2,8-14-3)15-10-7-9(13)5-6-11(10)16-4/h5-7,14-15H,8H2,1-4H3. The zero-order chi connectivity index (χ0) is 12.2. The van der Waals surface area contributed by atoms with Crippen LogP contribution in [0.5, 0.6) is 5.75 Å². The first kappa shape index (κ1) is 12.8. The van der Waals surface area contributed by atoms with Gasteiger partial charge in [0.25, 0.3) is 0 Å². The quantitative estimate of drug-likeness (QED) is 0.808. The maximum Gasteiger partial charge on any atom is 0.142 e. The molecule has 0 atom stereocenters. The number of anilines is 1. The summed E-state index contributed by atoms with van der Waals surface area (Å²) >= 11 is 0. The van der Waals surface area contributed by atoms with Gasteiger partial charge in [-0.15, -0.1) is 0 Å². The lowest BCUT2D eigenvalue weighted by atomic mass is 10.1. The van der Waals surface area contributed by atoms with Gasteiger partial charge in [-0.2, -0.15) is 0 Å². The van der Waals surface area contributed by atoms with Crippen LogP contribution >= 0.6 is 0 Å². The van der Waals surface area contributed by atoms with E-state index in [1.54, 1.807) is 13.2 Å². The van der Waals surface area contributed by atoms with Gasteiger partial charge in [-0.1, -0.05) is 0 Å². The van der Waals surface area contributed by atoms with Gasteiger partial charge >= 0.3 is 0 Å². The zero-order valence-electron chi connectivity index (χ0n) is 10.2. The Balaban J connectivity index is 2.90. The first-order valence-corrected chi connectivity index (χ1v) is 5.25. The molecular formula is C12H19FN2O. The zero-order valence-corrected chi connectivity index (χ0v) is 10.2. The Morgan fingerprint density at radius 2 is 2.06 bits per heavy atom. The minimum Gasteiger partial charge on any atom is -0.495 e. The predicted octanol–water partition coefficient (Wildman–Crippen LogP) is 2.24. The van der Waals surface area contributed by atoms with E-state index in [9.17, 15) is 4.39 Å². The number of nitrogens with one attached hydrogen (secondary N) is 2. The molecule has 0 aliphatic heterocycles. The van der Waals surface area contributed by atoms with Crippen molar-refractivity contribution in [1.82, 2.24) is 5.32 Å². The highest BCUT2D eigenvalue weighted by molar-refractivity contribution is 5.57. The van der Waals surface area contributed by atoms with Gasteiger partial charge in [-0.25, -0.2) is 4.39 Å². The van der Waals surface area contributed by atoms with Crippen molar-refractivity contribution in [3.8, 4) is 5.75 Å². The number of rotatable bonds is 5. The lowest BCUT2D eigenvalue weighted by molar-refractivity contribution is 0.413. The molecule has 0 unspecified atom stereocenters. The largest absolute Gasteiger partial charge is 0.495 e. The average molecular weight is 226 g/mol. The van der Waals surface area contributed by atoms with Crippen LogP contribution in [0.15, 0.2) is 18.2 Å². The molecular weight excluding hydrogens is 207 g/mol. The summed E-state index contributed by atoms with van der Waals surface area (Å²) in [6.45, 7) is 4.84. The molecule has 0 saturated carbocycles. The summed E-state index contributed by atoms with van der Waals surface area (Å²) in [5.74, 6) is 0.370. The van der Waals surface area contributed by atoms with Crippen LogP contribution in [0.25, 0.3) is 0 Å². The highest BCUT2D eigenvalue weighted by Crippen LogP contribution is 2.27. The van der Waals surface area contributed by atoms with Crippen LogP contribution in [0, 0.1) is 5.82 Å². The van der Waals surface area contributed by atoms with Crippen LogP contribution in [0.3, 0.4) is 0 Å². The van der Waals surface area contributed by atoms with Crippen LogP contribution in [-0.2, 0) is 0 Å². The Kier molecular flexibility index (Phi) is 4.12. The van der Waals surface area contributed by atoms with E-state index in [1.807, 2.05) is 20.9 Å². The lowest BCUT2D eigenvalue weighted by Crippen LogP contribution is -2.40. The van der Waals surface area contributed by atoms with Gasteiger partial charge in [-0.05, 0) is 33.0 Å². The molecule has 2 N–H and O–H groups in total. The van der Waals surface area contributed by atoms with E-state index >= 15 is 0 Å². The number of halogens is 1. The number of ether oxygens (including phenoxy) is 1. The van der Waals surface area contributed by atoms with Crippen molar-refractivity contribution in [3.05, 3.63) is 24.0 Å². The van der Waals surface area contributed by atoms with Crippen molar-refractivity contribution in [3.63, 3.8) is 0 Å². The third-order valence-corrected chi connectivity index (χ3v) is 2.25. The van der Waals surface area contributed by atoms with Gasteiger partial charge in [-0.3, -0.25) is 0 Å². The molecule has 0 aliphatic rings. The minimum absolute atomic E-state index is 0.171. The Hall–Kier alpha value is -1.29. The summed E-state index contributed by atoms with van der Waals surface area (Å²) in [5, 5.41) is 6.34. The summed E-state index contributed by atoms with van der Waals surface area (Å²) in [5.41, 5.74) is 0.498. The number of hydrogen-bond donors (Lipinski definition) is 2. The summed E-state index contributed by atoms with van der Waals surface area (Å²) in [7, 11) is 3.45. The van der Waals surface area contributed by atoms with E-state index in [1.165, 1.54) is 12.1 Å². The van der Waals surface area contributed by atoms with Gasteiger partial charge in [0.1, 0.15) is 11.6 Å². The van der Waals surface area contributed by atoms with Crippen molar-refractivity contribution in [2.75, 3.05) is 26.0 Å². The molecule has 4 heteroatoms. The monoisotopic (exact) mass is 226 g/mol. The SMILES string of the molecule is CNCC(C)(C)Nc1cc(F)ccc1OC. The molecule has 0 amide bonds. The number of benzene rings is 1. The molecule has 3 nitrogen and oxygen atoms in total. The summed E-state index contributed by atoms with van der Waals surface area (Å²) in [4.78, 5) is 0. The van der Waals surface area contributed by atoms with Gasteiger partial charge < -0.3 is 15.4 Å². The second-order valence-corrected chi connectivity index (χ2v) is 4.38. The topological polar surface area (TPSA) is 33.3 Å². The van der Waals surface area contributed by atoms with E-state index in [0.717, 1.165) is 6.54 Å². The van der Waals surface area contributed by atoms with Crippen molar-refractivity contribution in [2.24, 2.45) is 0 Å². The average Bonchev–Trinajstić information content (AvgIpc) is 2.17. The number of likely N-dealkylation sites (N-methyl/N-ethyl adjacent to an activating group) is 1. The highest BCUT2D eigenvalue weighted by Gasteiger charge is 2.18. The van der Waals surface area contributed by atoms with E-state index in [2.05, 4.69) is 10.6 Å². The van der Waals surface area contributed by atoms with Crippen molar-refractivity contribution >= 4 is 5.69 Å². The molecule has 0 aromatic heterocycles. The maximum atomic E-state index is 13.1. The predicted molar refractivity (Wildman–Crippen MR) is 64.6 cm³/mol. The van der Waals surface area contributed by atoms with Crippen LogP contribution in [0.1, 0.15) is 13.8 Å². The molecule has 1 aromatic carbocycles. The first-order chi connectivity index (χ1) is 7.48. The number of methoxy groups -OCH3 is 1. The second kappa shape index (κ2) is 5.16. The molecule has 0 heterocycles. The Bertz CT molecular complexity index is 353. The fourth-order valence-electron chi connectivity index (χ4n) is 1.63. The van der Waals surface area contributed by atoms with E-state index in [0.29, 0.717) is 11.4 Å². The van der Waals surface area contributed by atoms with Gasteiger partial charge in [0.2, 0.25) is 0 Å². The molecule has 0 aliphatic carbocycles. The van der Waals surface area contributed by atoms with Crippen molar-refractivity contribution < 1.29 is 9.13 Å². The van der Waals surface area contributed by atoms with Crippen molar-refractivity contribution in [1.29, 1.82) is 0 Å². The lowest BCUT2D eigenvalue weighted by Gasteiger charge is -2.28. The Labute approximate surface area is 96.0 Å². The molecule has 16 heavy (non-hydrogen) atoms. The maximum absolute atomic E-state index is 13.1. The second-order valence-electron chi connectivity index (χ2n) is 4.38. The molecule has 0 spiro atoms. The fourth-order valence-corrected chi connectivity index (χ4v) is 1.63. The molecule has 1 rings (SSSR count). The molecule has 1 aromatic rings. The third kappa shape index (κ3) is 3.38. The van der Waals surface area contributed by atoms with Crippen molar-refractivity contribution in [2.45, 2.75) is 19.4 Å².